The average Bonchev–Trinajstić information content (AvgIpc) is 2.79. The maximum Gasteiger partial charge on any atom is 0.240 e. The minimum absolute atomic E-state index is 0.112. The fourth-order valence-corrected chi connectivity index (χ4v) is 6.89. The van der Waals surface area contributed by atoms with Gasteiger partial charge in [-0.15, -0.1) is 0 Å². The summed E-state index contributed by atoms with van der Waals surface area (Å²) in [5, 5.41) is 0. The lowest BCUT2D eigenvalue weighted by atomic mass is 10.0. The van der Waals surface area contributed by atoms with E-state index in [9.17, 15) is 16.8 Å². The molecule has 2 aliphatic rings. The number of ether oxygens (including phenoxy) is 1. The van der Waals surface area contributed by atoms with Gasteiger partial charge in [-0.05, 0) is 56.4 Å². The van der Waals surface area contributed by atoms with E-state index in [1.807, 2.05) is 0 Å². The van der Waals surface area contributed by atoms with Gasteiger partial charge in [0, 0.05) is 18.1 Å². The number of piperidine rings is 1. The quantitative estimate of drug-likeness (QED) is 0.819. The van der Waals surface area contributed by atoms with Gasteiger partial charge in [0.1, 0.15) is 5.75 Å². The van der Waals surface area contributed by atoms with Crippen molar-refractivity contribution in [3.05, 3.63) is 23.8 Å². The predicted molar refractivity (Wildman–Crippen MR) is 94.6 cm³/mol. The molecule has 25 heavy (non-hydrogen) atoms. The number of nitrogens with zero attached hydrogens (tertiary/aromatic N) is 1. The Hall–Kier alpha value is -1.16. The lowest BCUT2D eigenvalue weighted by Crippen LogP contribution is -2.51. The number of nitrogens with one attached hydrogen (secondary N) is 1. The van der Waals surface area contributed by atoms with Gasteiger partial charge < -0.3 is 4.74 Å². The Morgan fingerprint density at radius 1 is 1.12 bits per heavy atom. The van der Waals surface area contributed by atoms with Crippen molar-refractivity contribution in [2.24, 2.45) is 0 Å². The third kappa shape index (κ3) is 3.69. The van der Waals surface area contributed by atoms with Gasteiger partial charge >= 0.3 is 0 Å². The fourth-order valence-electron chi connectivity index (χ4n) is 4.08. The number of aryl methyl sites for hydroxylation is 1. The summed E-state index contributed by atoms with van der Waals surface area (Å²) in [4.78, 5) is 0.198. The first-order chi connectivity index (χ1) is 11.6. The molecule has 0 spiro atoms. The van der Waals surface area contributed by atoms with Crippen LogP contribution >= 0.6 is 0 Å². The number of rotatable bonds is 5. The molecule has 1 aromatic carbocycles. The van der Waals surface area contributed by atoms with Crippen LogP contribution in [0.3, 0.4) is 0 Å². The van der Waals surface area contributed by atoms with Crippen molar-refractivity contribution in [1.82, 2.24) is 9.03 Å². The van der Waals surface area contributed by atoms with Crippen molar-refractivity contribution in [1.29, 1.82) is 0 Å². The molecule has 140 valence electrons. The molecule has 2 unspecified atom stereocenters. The molecule has 0 aromatic heterocycles. The minimum atomic E-state index is -3.65. The van der Waals surface area contributed by atoms with E-state index in [1.54, 1.807) is 30.5 Å². The molecule has 2 atom stereocenters. The summed E-state index contributed by atoms with van der Waals surface area (Å²) in [6, 6.07) is 4.27. The Morgan fingerprint density at radius 3 is 2.20 bits per heavy atom. The van der Waals surface area contributed by atoms with Crippen molar-refractivity contribution in [3.63, 3.8) is 0 Å². The summed E-state index contributed by atoms with van der Waals surface area (Å²) in [6.45, 7) is 1.79. The molecule has 0 radical (unpaired) electrons. The predicted octanol–water partition coefficient (Wildman–Crippen LogP) is 1.24. The third-order valence-corrected chi connectivity index (χ3v) is 7.93. The second kappa shape index (κ2) is 6.53. The van der Waals surface area contributed by atoms with Crippen LogP contribution in [0.4, 0.5) is 0 Å². The maximum atomic E-state index is 12.7. The third-order valence-electron chi connectivity index (χ3n) is 5.05. The van der Waals surface area contributed by atoms with Crippen molar-refractivity contribution in [2.45, 2.75) is 55.6 Å². The highest BCUT2D eigenvalue weighted by Crippen LogP contribution is 2.38. The molecule has 3 rings (SSSR count). The zero-order chi connectivity index (χ0) is 18.4. The molecule has 0 aliphatic carbocycles. The molecule has 1 aromatic rings. The summed E-state index contributed by atoms with van der Waals surface area (Å²) < 4.78 is 58.7. The Bertz CT molecular complexity index is 853. The topological polar surface area (TPSA) is 92.8 Å². The van der Waals surface area contributed by atoms with Crippen LogP contribution in [0.15, 0.2) is 23.1 Å². The van der Waals surface area contributed by atoms with Crippen LogP contribution in [-0.2, 0) is 20.0 Å². The molecule has 1 N–H and O–H groups in total. The molecule has 0 saturated carbocycles. The first kappa shape index (κ1) is 18.6. The van der Waals surface area contributed by atoms with E-state index in [-0.39, 0.29) is 23.0 Å². The average molecular weight is 389 g/mol. The highest BCUT2D eigenvalue weighted by atomic mass is 32.2. The standard InChI is InChI=1S/C16H24N2O5S2/c1-11-8-15(6-7-16(11)23-2)25(21,22)17-12-9-13-4-5-14(10-12)18(13)24(3,19)20/h6-8,12-14,17H,4-5,9-10H2,1-3H3. The minimum Gasteiger partial charge on any atom is -0.496 e. The second-order valence-electron chi connectivity index (χ2n) is 6.90. The van der Waals surface area contributed by atoms with Crippen molar-refractivity contribution < 1.29 is 21.6 Å². The lowest BCUT2D eigenvalue weighted by molar-refractivity contribution is 0.221. The van der Waals surface area contributed by atoms with E-state index < -0.39 is 20.0 Å². The van der Waals surface area contributed by atoms with Gasteiger partial charge in [-0.2, -0.15) is 4.31 Å². The van der Waals surface area contributed by atoms with Gasteiger partial charge in [0.25, 0.3) is 0 Å². The number of fused-ring (bicyclic) bond motifs is 2. The SMILES string of the molecule is COc1ccc(S(=O)(=O)NC2CC3CCC(C2)N3S(C)(=O)=O)cc1C. The first-order valence-electron chi connectivity index (χ1n) is 8.27. The highest BCUT2D eigenvalue weighted by Gasteiger charge is 2.45. The van der Waals surface area contributed by atoms with E-state index >= 15 is 0 Å². The highest BCUT2D eigenvalue weighted by molar-refractivity contribution is 7.89. The zero-order valence-corrected chi connectivity index (χ0v) is 16.2. The number of hydrogen-bond acceptors (Lipinski definition) is 5. The van der Waals surface area contributed by atoms with Gasteiger partial charge in [0.15, 0.2) is 0 Å². The fraction of sp³-hybridized carbons (Fsp3) is 0.625. The van der Waals surface area contributed by atoms with Crippen LogP contribution in [0.1, 0.15) is 31.2 Å². The van der Waals surface area contributed by atoms with Crippen LogP contribution in [0.25, 0.3) is 0 Å². The lowest BCUT2D eigenvalue weighted by Gasteiger charge is -2.37. The zero-order valence-electron chi connectivity index (χ0n) is 14.6. The number of methoxy groups -OCH3 is 1. The van der Waals surface area contributed by atoms with Crippen LogP contribution in [0.2, 0.25) is 0 Å². The maximum absolute atomic E-state index is 12.7. The molecule has 2 aliphatic heterocycles. The normalized spacial score (nSPS) is 27.4. The molecule has 2 bridgehead atoms. The van der Waals surface area contributed by atoms with Crippen LogP contribution in [-0.4, -0.2) is 52.6 Å². The Kier molecular flexibility index (Phi) is 4.87. The van der Waals surface area contributed by atoms with Gasteiger partial charge in [0.05, 0.1) is 18.3 Å². The molecule has 7 nitrogen and oxygen atoms in total. The summed E-state index contributed by atoms with van der Waals surface area (Å²) in [7, 11) is -5.36. The van der Waals surface area contributed by atoms with Gasteiger partial charge in [0.2, 0.25) is 20.0 Å². The van der Waals surface area contributed by atoms with E-state index in [0.29, 0.717) is 18.6 Å². The molecule has 2 heterocycles. The summed E-state index contributed by atoms with van der Waals surface area (Å²) in [5.41, 5.74) is 0.748. The smallest absolute Gasteiger partial charge is 0.240 e. The van der Waals surface area contributed by atoms with E-state index in [2.05, 4.69) is 4.72 Å². The number of sulfonamides is 2. The Labute approximate surface area is 149 Å². The number of benzene rings is 1. The molecule has 9 heteroatoms. The molecular weight excluding hydrogens is 364 g/mol. The van der Waals surface area contributed by atoms with Crippen LogP contribution in [0, 0.1) is 6.92 Å². The van der Waals surface area contributed by atoms with Crippen LogP contribution in [0.5, 0.6) is 5.75 Å². The van der Waals surface area contributed by atoms with Crippen molar-refractivity contribution >= 4 is 20.0 Å². The van der Waals surface area contributed by atoms with Gasteiger partial charge in [-0.25, -0.2) is 21.6 Å². The molecular formula is C16H24N2O5S2. The van der Waals surface area contributed by atoms with E-state index in [4.69, 9.17) is 4.74 Å². The molecule has 0 amide bonds. The van der Waals surface area contributed by atoms with E-state index in [1.165, 1.54) is 12.3 Å². The summed E-state index contributed by atoms with van der Waals surface area (Å²) in [5.74, 6) is 0.637. The largest absolute Gasteiger partial charge is 0.496 e. The Balaban J connectivity index is 1.76. The monoisotopic (exact) mass is 388 g/mol. The van der Waals surface area contributed by atoms with E-state index in [0.717, 1.165) is 18.4 Å². The summed E-state index contributed by atoms with van der Waals surface area (Å²) >= 11 is 0. The van der Waals surface area contributed by atoms with Gasteiger partial charge in [-0.3, -0.25) is 0 Å². The first-order valence-corrected chi connectivity index (χ1v) is 11.6. The molecule has 2 saturated heterocycles. The molecule has 2 fully saturated rings. The second-order valence-corrected chi connectivity index (χ2v) is 10.5. The van der Waals surface area contributed by atoms with Crippen molar-refractivity contribution in [2.75, 3.05) is 13.4 Å². The number of hydrogen-bond donors (Lipinski definition) is 1. The Morgan fingerprint density at radius 2 is 1.72 bits per heavy atom. The van der Waals surface area contributed by atoms with Crippen LogP contribution < -0.4 is 9.46 Å². The van der Waals surface area contributed by atoms with Gasteiger partial charge in [-0.1, -0.05) is 0 Å². The van der Waals surface area contributed by atoms with Crippen molar-refractivity contribution in [3.8, 4) is 5.75 Å². The summed E-state index contributed by atoms with van der Waals surface area (Å²) in [6.07, 6.45) is 3.83.